The molecule has 144 valence electrons. The number of hydrogen-bond acceptors (Lipinski definition) is 3. The third-order valence-electron chi connectivity index (χ3n) is 6.33. The van der Waals surface area contributed by atoms with Gasteiger partial charge in [0.2, 0.25) is 11.8 Å². The van der Waals surface area contributed by atoms with Gasteiger partial charge in [0.15, 0.2) is 0 Å². The second-order valence-corrected chi connectivity index (χ2v) is 8.52. The van der Waals surface area contributed by atoms with Gasteiger partial charge in [0.25, 0.3) is 0 Å². The van der Waals surface area contributed by atoms with Crippen molar-refractivity contribution in [3.05, 3.63) is 94.2 Å². The SMILES string of the molecule is C[C@]12C(=O)N(c3cc(Cl)cc(Cl)c3)C(=O)[C@H]1[C@@]2(c1ccccc1)c1ccncc1. The number of anilines is 1. The number of nitrogens with zero attached hydrogens (tertiary/aromatic N) is 2. The van der Waals surface area contributed by atoms with Gasteiger partial charge in [-0.15, -0.1) is 0 Å². The molecule has 0 N–H and O–H groups in total. The lowest BCUT2D eigenvalue weighted by Gasteiger charge is -2.29. The van der Waals surface area contributed by atoms with Crippen LogP contribution >= 0.6 is 23.2 Å². The molecule has 1 aromatic heterocycles. The van der Waals surface area contributed by atoms with Gasteiger partial charge in [-0.3, -0.25) is 14.6 Å². The van der Waals surface area contributed by atoms with Crippen molar-refractivity contribution in [2.75, 3.05) is 4.90 Å². The predicted octanol–water partition coefficient (Wildman–Crippen LogP) is 4.88. The van der Waals surface area contributed by atoms with E-state index in [0.29, 0.717) is 15.7 Å². The van der Waals surface area contributed by atoms with Crippen molar-refractivity contribution in [1.82, 2.24) is 4.98 Å². The van der Waals surface area contributed by atoms with Crippen LogP contribution in [0.15, 0.2) is 73.1 Å². The van der Waals surface area contributed by atoms with E-state index in [9.17, 15) is 9.59 Å². The molecule has 3 atom stereocenters. The van der Waals surface area contributed by atoms with Crippen molar-refractivity contribution in [1.29, 1.82) is 0 Å². The summed E-state index contributed by atoms with van der Waals surface area (Å²) in [4.78, 5) is 32.6. The molecule has 0 spiro atoms. The zero-order valence-corrected chi connectivity index (χ0v) is 17.0. The highest BCUT2D eigenvalue weighted by molar-refractivity contribution is 6.36. The van der Waals surface area contributed by atoms with Crippen molar-refractivity contribution < 1.29 is 9.59 Å². The van der Waals surface area contributed by atoms with Gasteiger partial charge in [-0.1, -0.05) is 53.5 Å². The Hall–Kier alpha value is -2.69. The first-order valence-electron chi connectivity index (χ1n) is 9.23. The fraction of sp³-hybridized carbons (Fsp3) is 0.174. The lowest BCUT2D eigenvalue weighted by molar-refractivity contribution is -0.125. The molecular formula is C23H16Cl2N2O2. The number of imide groups is 1. The number of rotatable bonds is 3. The summed E-state index contributed by atoms with van der Waals surface area (Å²) < 4.78 is 0. The van der Waals surface area contributed by atoms with Crippen molar-refractivity contribution in [2.24, 2.45) is 11.3 Å². The van der Waals surface area contributed by atoms with Gasteiger partial charge in [0.05, 0.1) is 17.0 Å². The Morgan fingerprint density at radius 3 is 2.03 bits per heavy atom. The fourth-order valence-electron chi connectivity index (χ4n) is 5.13. The van der Waals surface area contributed by atoms with Gasteiger partial charge < -0.3 is 0 Å². The summed E-state index contributed by atoms with van der Waals surface area (Å²) >= 11 is 12.2. The average Bonchev–Trinajstić information content (AvgIpc) is 3.23. The summed E-state index contributed by atoms with van der Waals surface area (Å²) in [6, 6.07) is 18.3. The molecule has 1 saturated heterocycles. The number of halogens is 2. The maximum Gasteiger partial charge on any atom is 0.241 e. The molecule has 6 heteroatoms. The third-order valence-corrected chi connectivity index (χ3v) is 6.77. The number of fused-ring (bicyclic) bond motifs is 1. The second kappa shape index (κ2) is 6.15. The Labute approximate surface area is 178 Å². The molecule has 2 aliphatic rings. The Balaban J connectivity index is 1.68. The van der Waals surface area contributed by atoms with Crippen LogP contribution in [-0.2, 0) is 15.0 Å². The molecule has 3 aromatic rings. The Morgan fingerprint density at radius 2 is 1.48 bits per heavy atom. The number of benzene rings is 2. The molecule has 0 radical (unpaired) electrons. The highest BCUT2D eigenvalue weighted by Crippen LogP contribution is 2.76. The van der Waals surface area contributed by atoms with E-state index in [1.54, 1.807) is 30.6 Å². The molecular weight excluding hydrogens is 407 g/mol. The maximum absolute atomic E-state index is 13.7. The average molecular weight is 423 g/mol. The Bertz CT molecular complexity index is 1090. The van der Waals surface area contributed by atoms with Crippen LogP contribution in [0.5, 0.6) is 0 Å². The van der Waals surface area contributed by atoms with Crippen LogP contribution in [0, 0.1) is 11.3 Å². The van der Waals surface area contributed by atoms with Crippen LogP contribution in [0.1, 0.15) is 18.1 Å². The first kappa shape index (κ1) is 18.3. The van der Waals surface area contributed by atoms with E-state index in [0.717, 1.165) is 11.1 Å². The summed E-state index contributed by atoms with van der Waals surface area (Å²) in [7, 11) is 0. The molecule has 2 amide bonds. The minimum absolute atomic E-state index is 0.239. The summed E-state index contributed by atoms with van der Waals surface area (Å²) in [6.07, 6.45) is 3.39. The second-order valence-electron chi connectivity index (χ2n) is 7.65. The Kier molecular flexibility index (Phi) is 3.89. The molecule has 2 heterocycles. The number of aromatic nitrogens is 1. The predicted molar refractivity (Wildman–Crippen MR) is 112 cm³/mol. The molecule has 1 aliphatic carbocycles. The van der Waals surface area contributed by atoms with Crippen LogP contribution in [0.25, 0.3) is 0 Å². The Morgan fingerprint density at radius 1 is 0.897 bits per heavy atom. The van der Waals surface area contributed by atoms with Gasteiger partial charge >= 0.3 is 0 Å². The van der Waals surface area contributed by atoms with Crippen LogP contribution in [0.4, 0.5) is 5.69 Å². The van der Waals surface area contributed by atoms with Crippen LogP contribution < -0.4 is 4.90 Å². The minimum Gasteiger partial charge on any atom is -0.274 e. The topological polar surface area (TPSA) is 50.3 Å². The first-order chi connectivity index (χ1) is 13.9. The molecule has 2 fully saturated rings. The van der Waals surface area contributed by atoms with Gasteiger partial charge in [0.1, 0.15) is 0 Å². The molecule has 1 aliphatic heterocycles. The number of piperidine rings is 1. The smallest absolute Gasteiger partial charge is 0.241 e. The standard InChI is InChI=1S/C23H16Cl2N2O2/c1-22-19(20(28)27(21(22)29)18-12-16(24)11-17(25)13-18)23(22,14-5-3-2-4-6-14)15-7-9-26-10-8-15/h2-13,19H,1H3/t19-,22-,23-/m1/s1. The van der Waals surface area contributed by atoms with Gasteiger partial charge in [0, 0.05) is 27.9 Å². The number of amides is 2. The maximum atomic E-state index is 13.7. The van der Waals surface area contributed by atoms with Gasteiger partial charge in [-0.25, -0.2) is 4.90 Å². The number of carbonyl (C=O) groups excluding carboxylic acids is 2. The van der Waals surface area contributed by atoms with E-state index in [1.807, 2.05) is 49.4 Å². The monoisotopic (exact) mass is 422 g/mol. The number of hydrogen-bond donors (Lipinski definition) is 0. The molecule has 29 heavy (non-hydrogen) atoms. The summed E-state index contributed by atoms with van der Waals surface area (Å²) in [5.74, 6) is -0.993. The normalized spacial score (nSPS) is 27.8. The molecule has 1 saturated carbocycles. The zero-order valence-electron chi connectivity index (χ0n) is 15.5. The third kappa shape index (κ3) is 2.24. The van der Waals surface area contributed by atoms with E-state index in [4.69, 9.17) is 23.2 Å². The van der Waals surface area contributed by atoms with Crippen LogP contribution in [-0.4, -0.2) is 16.8 Å². The van der Waals surface area contributed by atoms with E-state index in [2.05, 4.69) is 4.98 Å². The largest absolute Gasteiger partial charge is 0.274 e. The van der Waals surface area contributed by atoms with Gasteiger partial charge in [-0.2, -0.15) is 0 Å². The molecule has 0 bridgehead atoms. The minimum atomic E-state index is -0.901. The lowest BCUT2D eigenvalue weighted by Crippen LogP contribution is -2.42. The number of carbonyl (C=O) groups is 2. The van der Waals surface area contributed by atoms with E-state index in [-0.39, 0.29) is 11.8 Å². The fourth-order valence-corrected chi connectivity index (χ4v) is 5.65. The highest BCUT2D eigenvalue weighted by Gasteiger charge is 2.86. The first-order valence-corrected chi connectivity index (χ1v) is 9.98. The van der Waals surface area contributed by atoms with Crippen molar-refractivity contribution in [3.63, 3.8) is 0 Å². The van der Waals surface area contributed by atoms with Crippen molar-refractivity contribution >= 4 is 40.7 Å². The molecule has 5 rings (SSSR count). The van der Waals surface area contributed by atoms with E-state index < -0.39 is 16.7 Å². The highest BCUT2D eigenvalue weighted by atomic mass is 35.5. The molecule has 4 nitrogen and oxygen atoms in total. The number of pyridine rings is 1. The summed E-state index contributed by atoms with van der Waals surface area (Å²) in [5, 5.41) is 0.754. The van der Waals surface area contributed by atoms with E-state index in [1.165, 1.54) is 4.90 Å². The molecule has 0 unspecified atom stereocenters. The van der Waals surface area contributed by atoms with Crippen LogP contribution in [0.2, 0.25) is 10.0 Å². The summed E-state index contributed by atoms with van der Waals surface area (Å²) in [5.41, 5.74) is 0.648. The van der Waals surface area contributed by atoms with E-state index >= 15 is 0 Å². The lowest BCUT2D eigenvalue weighted by atomic mass is 9.79. The quantitative estimate of drug-likeness (QED) is 0.564. The summed E-state index contributed by atoms with van der Waals surface area (Å²) in [6.45, 7) is 1.87. The van der Waals surface area contributed by atoms with Crippen LogP contribution in [0.3, 0.4) is 0 Å². The zero-order chi connectivity index (χ0) is 20.4. The molecule has 2 aromatic carbocycles. The van der Waals surface area contributed by atoms with Gasteiger partial charge in [-0.05, 0) is 48.4 Å². The van der Waals surface area contributed by atoms with Crippen molar-refractivity contribution in [2.45, 2.75) is 12.3 Å². The van der Waals surface area contributed by atoms with Crippen molar-refractivity contribution in [3.8, 4) is 0 Å².